The fourth-order valence-corrected chi connectivity index (χ4v) is 6.67. The quantitative estimate of drug-likeness (QED) is 0.0426. The molecule has 0 saturated heterocycles. The zero-order valence-corrected chi connectivity index (χ0v) is 37.3. The molecule has 0 aromatic carbocycles. The minimum atomic E-state index is -0.887. The molecule has 57 heavy (non-hydrogen) atoms. The van der Waals surface area contributed by atoms with Gasteiger partial charge in [-0.25, -0.2) is 0 Å². The molecule has 0 aromatic rings. The van der Waals surface area contributed by atoms with Crippen molar-refractivity contribution in [1.82, 2.24) is 5.32 Å². The van der Waals surface area contributed by atoms with E-state index in [1.54, 1.807) is 6.08 Å². The highest BCUT2D eigenvalue weighted by molar-refractivity contribution is 5.76. The van der Waals surface area contributed by atoms with Crippen molar-refractivity contribution in [3.63, 3.8) is 0 Å². The van der Waals surface area contributed by atoms with E-state index in [2.05, 4.69) is 104 Å². The van der Waals surface area contributed by atoms with Gasteiger partial charge < -0.3 is 15.5 Å². The molecule has 0 aromatic heterocycles. The van der Waals surface area contributed by atoms with E-state index in [1.807, 2.05) is 6.08 Å². The molecule has 0 rings (SSSR count). The number of carbonyl (C=O) groups excluding carboxylic acids is 1. The van der Waals surface area contributed by atoms with Crippen LogP contribution in [0.4, 0.5) is 0 Å². The third kappa shape index (κ3) is 44.3. The maximum atomic E-state index is 12.4. The first-order chi connectivity index (χ1) is 28.2. The SMILES string of the molecule is CC/C=C\C/C=C\C/C=C\C/C=C\C/C=C\C/C=C\CCCCC(=O)NC(CO)C(O)/C=C/CC/C=C/CCCCCCCCCCCCCCCCCCCC. The lowest BCUT2D eigenvalue weighted by Gasteiger charge is -2.19. The number of carbonyl (C=O) groups is 1. The van der Waals surface area contributed by atoms with Crippen LogP contribution in [0.15, 0.2) is 97.2 Å². The first-order valence-corrected chi connectivity index (χ1v) is 24.0. The molecule has 4 heteroatoms. The van der Waals surface area contributed by atoms with Crippen molar-refractivity contribution in [2.24, 2.45) is 0 Å². The molecule has 0 heterocycles. The van der Waals surface area contributed by atoms with Gasteiger partial charge in [-0.15, -0.1) is 0 Å². The van der Waals surface area contributed by atoms with Gasteiger partial charge in [0.05, 0.1) is 18.8 Å². The summed E-state index contributed by atoms with van der Waals surface area (Å²) in [6, 6.07) is -0.669. The van der Waals surface area contributed by atoms with Gasteiger partial charge in [-0.05, 0) is 83.5 Å². The highest BCUT2D eigenvalue weighted by Crippen LogP contribution is 2.15. The largest absolute Gasteiger partial charge is 0.394 e. The van der Waals surface area contributed by atoms with Gasteiger partial charge in [0.2, 0.25) is 5.91 Å². The van der Waals surface area contributed by atoms with E-state index >= 15 is 0 Å². The van der Waals surface area contributed by atoms with Crippen LogP contribution >= 0.6 is 0 Å². The number of aliphatic hydroxyl groups is 2. The van der Waals surface area contributed by atoms with Crippen LogP contribution in [0.2, 0.25) is 0 Å². The Balaban J connectivity index is 3.70. The maximum Gasteiger partial charge on any atom is 0.220 e. The average molecular weight is 790 g/mol. The van der Waals surface area contributed by atoms with Crippen molar-refractivity contribution in [3.05, 3.63) is 97.2 Å². The summed E-state index contributed by atoms with van der Waals surface area (Å²) in [6.45, 7) is 4.16. The number of amides is 1. The van der Waals surface area contributed by atoms with Crippen molar-refractivity contribution < 1.29 is 15.0 Å². The summed E-state index contributed by atoms with van der Waals surface area (Å²) in [6.07, 6.45) is 71.0. The molecule has 0 fully saturated rings. The number of allylic oxidation sites excluding steroid dienone is 15. The van der Waals surface area contributed by atoms with Crippen LogP contribution in [0, 0.1) is 0 Å². The smallest absolute Gasteiger partial charge is 0.220 e. The second-order valence-electron chi connectivity index (χ2n) is 15.8. The van der Waals surface area contributed by atoms with Crippen LogP contribution in [0.25, 0.3) is 0 Å². The molecule has 0 aliphatic carbocycles. The van der Waals surface area contributed by atoms with Gasteiger partial charge in [-0.1, -0.05) is 220 Å². The highest BCUT2D eigenvalue weighted by atomic mass is 16.3. The minimum absolute atomic E-state index is 0.119. The van der Waals surface area contributed by atoms with Gasteiger partial charge in [-0.2, -0.15) is 0 Å². The Bertz CT molecular complexity index is 1080. The number of aliphatic hydroxyl groups excluding tert-OH is 2. The normalized spacial score (nSPS) is 13.8. The van der Waals surface area contributed by atoms with E-state index in [0.717, 1.165) is 77.0 Å². The summed E-state index contributed by atoms with van der Waals surface area (Å²) in [4.78, 5) is 12.4. The summed E-state index contributed by atoms with van der Waals surface area (Å²) in [7, 11) is 0. The number of hydrogen-bond acceptors (Lipinski definition) is 3. The Hall–Kier alpha value is -2.69. The van der Waals surface area contributed by atoms with Crippen molar-refractivity contribution in [2.45, 2.75) is 225 Å². The second kappa shape index (κ2) is 47.7. The molecule has 3 N–H and O–H groups in total. The van der Waals surface area contributed by atoms with Crippen LogP contribution in [0.3, 0.4) is 0 Å². The van der Waals surface area contributed by atoms with Crippen molar-refractivity contribution in [2.75, 3.05) is 6.61 Å². The van der Waals surface area contributed by atoms with Gasteiger partial charge in [-0.3, -0.25) is 4.79 Å². The molecule has 0 spiro atoms. The molecule has 0 aliphatic rings. The van der Waals surface area contributed by atoms with E-state index in [0.29, 0.717) is 6.42 Å². The molecular formula is C53H91NO3. The number of rotatable bonds is 42. The fraction of sp³-hybridized carbons (Fsp3) is 0.679. The number of hydrogen-bond donors (Lipinski definition) is 3. The topological polar surface area (TPSA) is 69.6 Å². The molecule has 2 unspecified atom stereocenters. The zero-order valence-electron chi connectivity index (χ0n) is 37.3. The molecule has 4 nitrogen and oxygen atoms in total. The lowest BCUT2D eigenvalue weighted by atomic mass is 10.0. The van der Waals surface area contributed by atoms with Crippen LogP contribution in [0.5, 0.6) is 0 Å². The second-order valence-corrected chi connectivity index (χ2v) is 15.8. The van der Waals surface area contributed by atoms with E-state index in [4.69, 9.17) is 0 Å². The van der Waals surface area contributed by atoms with Crippen molar-refractivity contribution >= 4 is 5.91 Å². The summed E-state index contributed by atoms with van der Waals surface area (Å²) in [5.74, 6) is -0.119. The van der Waals surface area contributed by atoms with E-state index in [9.17, 15) is 15.0 Å². The Morgan fingerprint density at radius 1 is 0.439 bits per heavy atom. The van der Waals surface area contributed by atoms with Crippen molar-refractivity contribution in [3.8, 4) is 0 Å². The summed E-state index contributed by atoms with van der Waals surface area (Å²) >= 11 is 0. The third-order valence-corrected chi connectivity index (χ3v) is 10.3. The Kier molecular flexibility index (Phi) is 45.4. The van der Waals surface area contributed by atoms with E-state index in [1.165, 1.54) is 116 Å². The van der Waals surface area contributed by atoms with Crippen LogP contribution in [-0.4, -0.2) is 34.9 Å². The lowest BCUT2D eigenvalue weighted by molar-refractivity contribution is -0.123. The van der Waals surface area contributed by atoms with Gasteiger partial charge in [0.15, 0.2) is 0 Å². The molecule has 0 radical (unpaired) electrons. The summed E-state index contributed by atoms with van der Waals surface area (Å²) < 4.78 is 0. The van der Waals surface area contributed by atoms with Gasteiger partial charge >= 0.3 is 0 Å². The first-order valence-electron chi connectivity index (χ1n) is 24.0. The Morgan fingerprint density at radius 2 is 0.789 bits per heavy atom. The van der Waals surface area contributed by atoms with E-state index in [-0.39, 0.29) is 12.5 Å². The fourth-order valence-electron chi connectivity index (χ4n) is 6.67. The van der Waals surface area contributed by atoms with Gasteiger partial charge in [0.25, 0.3) is 0 Å². The highest BCUT2D eigenvalue weighted by Gasteiger charge is 2.17. The maximum absolute atomic E-state index is 12.4. The molecule has 0 aliphatic heterocycles. The lowest BCUT2D eigenvalue weighted by Crippen LogP contribution is -2.45. The molecule has 326 valence electrons. The Labute approximate surface area is 353 Å². The van der Waals surface area contributed by atoms with Crippen LogP contribution in [-0.2, 0) is 4.79 Å². The average Bonchev–Trinajstić information content (AvgIpc) is 3.22. The summed E-state index contributed by atoms with van der Waals surface area (Å²) in [5, 5.41) is 23.0. The number of unbranched alkanes of at least 4 members (excludes halogenated alkanes) is 21. The van der Waals surface area contributed by atoms with Gasteiger partial charge in [0.1, 0.15) is 0 Å². The molecule has 0 bridgehead atoms. The standard InChI is InChI=1S/C53H91NO3/c1-3-5-7-9-11-13-15-17-19-21-23-25-26-27-29-30-32-34-36-38-40-42-44-46-48-52(56)51(50-55)54-53(57)49-47-45-43-41-39-37-35-33-31-28-24-22-20-18-16-14-12-10-8-6-4-2/h6,8,12,14,18,20,24,28,33,35,38-41,46,48,51-52,55-56H,3-5,7,9-11,13,15-17,19,21-23,25-27,29-32,34,36-37,42-45,47,49-50H2,1-2H3,(H,54,57)/b8-6-,14-12-,20-18-,28-24-,35-33-,40-38+,41-39-,48-46+. The van der Waals surface area contributed by atoms with Crippen LogP contribution in [0.1, 0.15) is 213 Å². The van der Waals surface area contributed by atoms with Crippen LogP contribution < -0.4 is 5.32 Å². The molecule has 2 atom stereocenters. The predicted octanol–water partition coefficient (Wildman–Crippen LogP) is 15.4. The Morgan fingerprint density at radius 3 is 1.23 bits per heavy atom. The third-order valence-electron chi connectivity index (χ3n) is 10.3. The summed E-state index contributed by atoms with van der Waals surface area (Å²) in [5.41, 5.74) is 0. The monoisotopic (exact) mass is 790 g/mol. The molecular weight excluding hydrogens is 699 g/mol. The number of nitrogens with one attached hydrogen (secondary N) is 1. The van der Waals surface area contributed by atoms with Crippen molar-refractivity contribution in [1.29, 1.82) is 0 Å². The molecule has 0 saturated carbocycles. The first kappa shape index (κ1) is 54.3. The zero-order chi connectivity index (χ0) is 41.4. The minimum Gasteiger partial charge on any atom is -0.394 e. The van der Waals surface area contributed by atoms with Gasteiger partial charge in [0, 0.05) is 6.42 Å². The molecule has 1 amide bonds. The predicted molar refractivity (Wildman–Crippen MR) is 253 cm³/mol. The van der Waals surface area contributed by atoms with E-state index < -0.39 is 12.1 Å².